The summed E-state index contributed by atoms with van der Waals surface area (Å²) < 4.78 is 42.7. The smallest absolute Gasteiger partial charge is 0.278 e. The highest BCUT2D eigenvalue weighted by molar-refractivity contribution is 5.97. The maximum Gasteiger partial charge on any atom is 0.278 e. The standard InChI is InChI=1S/C28H22F2N4O5/c29-19-7-6-18-22(17-5-1-4-16-14-31-39-25(16)17)34-15-32(27(37)23-24(36)20(35)8-12-33(23)34)28(9-2-10-28)11-3-13-38-26(18)21(19)30/h1,3-8,11-12,14,22,36H,2,9-10,13,15H2/b11-3+. The molecule has 9 nitrogen and oxygen atoms in total. The molecule has 4 heterocycles. The molecule has 1 atom stereocenters. The van der Waals surface area contributed by atoms with Crippen molar-refractivity contribution in [2.24, 2.45) is 0 Å². The van der Waals surface area contributed by atoms with Gasteiger partial charge in [0.25, 0.3) is 5.91 Å². The van der Waals surface area contributed by atoms with Crippen molar-refractivity contribution in [2.45, 2.75) is 30.8 Å². The van der Waals surface area contributed by atoms with E-state index in [1.54, 1.807) is 40.4 Å². The molecule has 1 saturated carbocycles. The van der Waals surface area contributed by atoms with Gasteiger partial charge in [-0.15, -0.1) is 0 Å². The molecule has 2 aromatic carbocycles. The van der Waals surface area contributed by atoms with Gasteiger partial charge in [-0.1, -0.05) is 23.4 Å². The van der Waals surface area contributed by atoms with E-state index in [4.69, 9.17) is 9.26 Å². The van der Waals surface area contributed by atoms with Crippen LogP contribution in [0.4, 0.5) is 8.78 Å². The van der Waals surface area contributed by atoms with E-state index in [9.17, 15) is 19.1 Å². The molecule has 1 spiro atoms. The van der Waals surface area contributed by atoms with Gasteiger partial charge in [0.2, 0.25) is 11.2 Å². The van der Waals surface area contributed by atoms with Crippen LogP contribution >= 0.6 is 0 Å². The number of halogens is 2. The van der Waals surface area contributed by atoms with E-state index >= 15 is 4.39 Å². The Morgan fingerprint density at radius 3 is 2.72 bits per heavy atom. The number of rotatable bonds is 1. The normalized spacial score (nSPS) is 20.6. The number of amides is 1. The topological polar surface area (TPSA) is 101 Å². The van der Waals surface area contributed by atoms with Gasteiger partial charge in [0, 0.05) is 28.8 Å². The minimum atomic E-state index is -1.15. The minimum Gasteiger partial charge on any atom is -0.502 e. The summed E-state index contributed by atoms with van der Waals surface area (Å²) in [5.74, 6) is -3.71. The molecular formula is C28H22F2N4O5. The number of hydrogen-bond acceptors (Lipinski definition) is 7. The molecule has 7 rings (SSSR count). The molecule has 1 N–H and O–H groups in total. The van der Waals surface area contributed by atoms with Crippen molar-refractivity contribution in [1.29, 1.82) is 0 Å². The SMILES string of the molecule is O=C1c2c(O)c(=O)ccn2N2CN1C1(/C=C/COc3c(ccc(F)c3F)C2c2cccc3cnoc23)CCC1. The Balaban J connectivity index is 1.58. The van der Waals surface area contributed by atoms with Crippen LogP contribution in [0.1, 0.15) is 46.9 Å². The van der Waals surface area contributed by atoms with E-state index in [2.05, 4.69) is 5.16 Å². The molecule has 3 aliphatic rings. The van der Waals surface area contributed by atoms with Crippen LogP contribution in [0.25, 0.3) is 11.0 Å². The molecule has 198 valence electrons. The summed E-state index contributed by atoms with van der Waals surface area (Å²) in [6, 6.07) is 8.04. The maximum absolute atomic E-state index is 15.4. The number of aromatic hydroxyl groups is 1. The molecule has 39 heavy (non-hydrogen) atoms. The number of fused-ring (bicyclic) bond motifs is 7. The Bertz CT molecular complexity index is 1740. The van der Waals surface area contributed by atoms with Crippen molar-refractivity contribution >= 4 is 16.9 Å². The summed E-state index contributed by atoms with van der Waals surface area (Å²) in [4.78, 5) is 28.0. The molecule has 4 aromatic rings. The molecule has 2 aromatic heterocycles. The zero-order valence-corrected chi connectivity index (χ0v) is 20.5. The lowest BCUT2D eigenvalue weighted by atomic mass is 9.74. The molecule has 11 heteroatoms. The predicted octanol–water partition coefficient (Wildman–Crippen LogP) is 3.99. The third-order valence-electron chi connectivity index (χ3n) is 7.95. The fourth-order valence-corrected chi connectivity index (χ4v) is 5.88. The number of nitrogens with zero attached hydrogens (tertiary/aromatic N) is 4. The Labute approximate surface area is 220 Å². The van der Waals surface area contributed by atoms with Gasteiger partial charge in [-0.3, -0.25) is 19.3 Å². The van der Waals surface area contributed by atoms with Crippen molar-refractivity contribution in [3.63, 3.8) is 0 Å². The highest BCUT2D eigenvalue weighted by Gasteiger charge is 2.49. The highest BCUT2D eigenvalue weighted by Crippen LogP contribution is 2.45. The van der Waals surface area contributed by atoms with Crippen LogP contribution in [-0.2, 0) is 0 Å². The summed E-state index contributed by atoms with van der Waals surface area (Å²) in [5.41, 5.74) is -0.425. The third-order valence-corrected chi connectivity index (χ3v) is 7.95. The van der Waals surface area contributed by atoms with Gasteiger partial charge in [-0.25, -0.2) is 4.39 Å². The second-order valence-corrected chi connectivity index (χ2v) is 9.98. The lowest BCUT2D eigenvalue weighted by molar-refractivity contribution is 0.0255. The Kier molecular flexibility index (Phi) is 5.06. The zero-order valence-electron chi connectivity index (χ0n) is 20.5. The zero-order chi connectivity index (χ0) is 26.9. The number of aromatic nitrogens is 2. The first kappa shape index (κ1) is 23.4. The van der Waals surface area contributed by atoms with Gasteiger partial charge in [-0.05, 0) is 43.5 Å². The number of benzene rings is 2. The van der Waals surface area contributed by atoms with Crippen LogP contribution in [0.15, 0.2) is 70.3 Å². The molecule has 2 bridgehead atoms. The number of hydrogen-bond donors (Lipinski definition) is 1. The summed E-state index contributed by atoms with van der Waals surface area (Å²) in [6.45, 7) is -0.0570. The average Bonchev–Trinajstić information content (AvgIpc) is 3.38. The lowest BCUT2D eigenvalue weighted by Crippen LogP contribution is -2.64. The van der Waals surface area contributed by atoms with Gasteiger partial charge in [0.05, 0.1) is 11.7 Å². The van der Waals surface area contributed by atoms with E-state index in [0.29, 0.717) is 29.4 Å². The average molecular weight is 533 g/mol. The lowest BCUT2D eigenvalue weighted by Gasteiger charge is -2.53. The van der Waals surface area contributed by atoms with E-state index in [1.807, 2.05) is 6.08 Å². The van der Waals surface area contributed by atoms with Gasteiger partial charge in [0.15, 0.2) is 28.6 Å². The quantitative estimate of drug-likeness (QED) is 0.370. The highest BCUT2D eigenvalue weighted by atomic mass is 19.2. The predicted molar refractivity (Wildman–Crippen MR) is 135 cm³/mol. The van der Waals surface area contributed by atoms with E-state index in [1.165, 1.54) is 16.9 Å². The molecule has 1 amide bonds. The van der Waals surface area contributed by atoms with E-state index in [-0.39, 0.29) is 30.3 Å². The number of para-hydroxylation sites is 1. The summed E-state index contributed by atoms with van der Waals surface area (Å²) in [6.07, 6.45) is 8.64. The van der Waals surface area contributed by atoms with Crippen molar-refractivity contribution in [3.8, 4) is 11.5 Å². The molecule has 0 radical (unpaired) electrons. The van der Waals surface area contributed by atoms with Crippen molar-refractivity contribution < 1.29 is 27.9 Å². The fraction of sp³-hybridized carbons (Fsp3) is 0.250. The first-order valence-electron chi connectivity index (χ1n) is 12.5. The number of carbonyl (C=O) groups excluding carboxylic acids is 1. The number of carbonyl (C=O) groups is 1. The molecule has 1 fully saturated rings. The molecule has 1 unspecified atom stereocenters. The van der Waals surface area contributed by atoms with Crippen molar-refractivity contribution in [2.75, 3.05) is 18.3 Å². The van der Waals surface area contributed by atoms with Crippen molar-refractivity contribution in [3.05, 3.63) is 99.6 Å². The molecule has 2 aliphatic heterocycles. The molecule has 1 aliphatic carbocycles. The van der Waals surface area contributed by atoms with Crippen molar-refractivity contribution in [1.82, 2.24) is 14.7 Å². The largest absolute Gasteiger partial charge is 0.502 e. The van der Waals surface area contributed by atoms with Crippen LogP contribution in [0.3, 0.4) is 0 Å². The monoisotopic (exact) mass is 532 g/mol. The first-order chi connectivity index (χ1) is 18.9. The Morgan fingerprint density at radius 2 is 1.92 bits per heavy atom. The Morgan fingerprint density at radius 1 is 1.08 bits per heavy atom. The van der Waals surface area contributed by atoms with Crippen LogP contribution < -0.4 is 15.2 Å². The van der Waals surface area contributed by atoms with Crippen LogP contribution in [0, 0.1) is 11.6 Å². The van der Waals surface area contributed by atoms with Crippen LogP contribution in [-0.4, -0.2) is 44.6 Å². The van der Waals surface area contributed by atoms with Crippen LogP contribution in [0.2, 0.25) is 0 Å². The number of pyridine rings is 1. The molecular weight excluding hydrogens is 510 g/mol. The van der Waals surface area contributed by atoms with E-state index < -0.39 is 40.3 Å². The third kappa shape index (κ3) is 3.32. The van der Waals surface area contributed by atoms with Gasteiger partial charge >= 0.3 is 0 Å². The van der Waals surface area contributed by atoms with Gasteiger partial charge < -0.3 is 19.3 Å². The summed E-state index contributed by atoms with van der Waals surface area (Å²) >= 11 is 0. The Hall–Kier alpha value is -4.67. The second kappa shape index (κ2) is 8.42. The first-order valence-corrected chi connectivity index (χ1v) is 12.5. The number of ether oxygens (including phenoxy) is 1. The van der Waals surface area contributed by atoms with Gasteiger partial charge in [-0.2, -0.15) is 4.39 Å². The summed E-state index contributed by atoms with van der Waals surface area (Å²) in [7, 11) is 0. The fourth-order valence-electron chi connectivity index (χ4n) is 5.88. The van der Waals surface area contributed by atoms with E-state index in [0.717, 1.165) is 18.6 Å². The molecule has 0 saturated heterocycles. The van der Waals surface area contributed by atoms with Gasteiger partial charge in [0.1, 0.15) is 19.3 Å². The van der Waals surface area contributed by atoms with Crippen LogP contribution in [0.5, 0.6) is 11.5 Å². The summed E-state index contributed by atoms with van der Waals surface area (Å²) in [5, 5.41) is 17.2. The maximum atomic E-state index is 15.4. The minimum absolute atomic E-state index is 0.00606. The second-order valence-electron chi connectivity index (χ2n) is 9.98.